The third kappa shape index (κ3) is 4.52. The SMILES string of the molecule is CCC(O)/C=C\CO[Si](C(C)C)(C(C)C)C(C)C. The molecule has 0 fully saturated rings. The Balaban J connectivity index is 4.67. The van der Waals surface area contributed by atoms with Crippen LogP contribution >= 0.6 is 0 Å². The molecule has 0 amide bonds. The van der Waals surface area contributed by atoms with Gasteiger partial charge in [-0.1, -0.05) is 60.6 Å². The summed E-state index contributed by atoms with van der Waals surface area (Å²) in [5.41, 5.74) is 1.84. The summed E-state index contributed by atoms with van der Waals surface area (Å²) in [6.45, 7) is 16.3. The second-order valence-electron chi connectivity index (χ2n) is 6.03. The van der Waals surface area contributed by atoms with Gasteiger partial charge in [-0.2, -0.15) is 0 Å². The summed E-state index contributed by atoms with van der Waals surface area (Å²) in [7, 11) is -1.74. The molecule has 1 N–H and O–H groups in total. The van der Waals surface area contributed by atoms with Gasteiger partial charge in [0, 0.05) is 0 Å². The Bertz CT molecular complexity index is 225. The lowest BCUT2D eigenvalue weighted by Gasteiger charge is -2.41. The Morgan fingerprint density at radius 3 is 1.78 bits per heavy atom. The van der Waals surface area contributed by atoms with E-state index in [4.69, 9.17) is 4.43 Å². The van der Waals surface area contributed by atoms with Crippen molar-refractivity contribution in [1.29, 1.82) is 0 Å². The van der Waals surface area contributed by atoms with Gasteiger partial charge < -0.3 is 9.53 Å². The normalized spacial score (nSPS) is 15.3. The van der Waals surface area contributed by atoms with Crippen LogP contribution in [0.1, 0.15) is 54.9 Å². The second-order valence-corrected chi connectivity index (χ2v) is 11.5. The van der Waals surface area contributed by atoms with Gasteiger partial charge in [-0.25, -0.2) is 0 Å². The van der Waals surface area contributed by atoms with Crippen molar-refractivity contribution in [3.63, 3.8) is 0 Å². The van der Waals surface area contributed by atoms with E-state index in [0.29, 0.717) is 23.2 Å². The zero-order valence-corrected chi connectivity index (χ0v) is 14.2. The van der Waals surface area contributed by atoms with E-state index in [2.05, 4.69) is 41.5 Å². The maximum atomic E-state index is 9.48. The summed E-state index contributed by atoms with van der Waals surface area (Å²) in [5, 5.41) is 9.48. The van der Waals surface area contributed by atoms with E-state index in [1.165, 1.54) is 0 Å². The molecule has 0 aliphatic carbocycles. The summed E-state index contributed by atoms with van der Waals surface area (Å²) in [5.74, 6) is 0. The minimum Gasteiger partial charge on any atom is -0.412 e. The van der Waals surface area contributed by atoms with Crippen molar-refractivity contribution in [2.45, 2.75) is 77.6 Å². The molecule has 108 valence electrons. The Labute approximate surface area is 115 Å². The fourth-order valence-corrected chi connectivity index (χ4v) is 8.43. The van der Waals surface area contributed by atoms with Gasteiger partial charge in [-0.15, -0.1) is 0 Å². The standard InChI is InChI=1S/C15H32O2Si/c1-8-15(16)10-9-11-17-18(12(2)3,13(4)5)14(6)7/h9-10,12-16H,8,11H2,1-7H3/b10-9-. The highest BCUT2D eigenvalue weighted by Crippen LogP contribution is 2.42. The van der Waals surface area contributed by atoms with Crippen LogP contribution in [0, 0.1) is 0 Å². The van der Waals surface area contributed by atoms with Crippen molar-refractivity contribution in [3.05, 3.63) is 12.2 Å². The van der Waals surface area contributed by atoms with Crippen molar-refractivity contribution in [2.24, 2.45) is 0 Å². The molecule has 1 atom stereocenters. The average Bonchev–Trinajstić information content (AvgIpc) is 2.27. The predicted octanol–water partition coefficient (Wildman–Crippen LogP) is 4.51. The van der Waals surface area contributed by atoms with Gasteiger partial charge in [-0.05, 0) is 23.0 Å². The summed E-state index contributed by atoms with van der Waals surface area (Å²) >= 11 is 0. The molecule has 1 unspecified atom stereocenters. The molecule has 2 nitrogen and oxygen atoms in total. The quantitative estimate of drug-likeness (QED) is 0.520. The van der Waals surface area contributed by atoms with Gasteiger partial charge in [0.15, 0.2) is 0 Å². The molecule has 0 bridgehead atoms. The lowest BCUT2D eigenvalue weighted by molar-refractivity contribution is 0.217. The van der Waals surface area contributed by atoms with E-state index in [-0.39, 0.29) is 6.10 Å². The van der Waals surface area contributed by atoms with Crippen LogP contribution in [0.3, 0.4) is 0 Å². The number of aliphatic hydroxyl groups is 1. The lowest BCUT2D eigenvalue weighted by atomic mass is 10.2. The first-order valence-electron chi connectivity index (χ1n) is 7.27. The number of hydrogen-bond donors (Lipinski definition) is 1. The molecule has 0 rings (SSSR count). The molecule has 0 aromatic rings. The van der Waals surface area contributed by atoms with Crippen LogP contribution in [0.2, 0.25) is 16.6 Å². The summed E-state index contributed by atoms with van der Waals surface area (Å²) < 4.78 is 6.35. The fraction of sp³-hybridized carbons (Fsp3) is 0.867. The van der Waals surface area contributed by atoms with Gasteiger partial charge in [0.1, 0.15) is 0 Å². The van der Waals surface area contributed by atoms with E-state index >= 15 is 0 Å². The molecule has 0 saturated carbocycles. The molecule has 0 radical (unpaired) electrons. The number of rotatable bonds is 8. The Hall–Kier alpha value is -0.123. The van der Waals surface area contributed by atoms with Gasteiger partial charge >= 0.3 is 0 Å². The van der Waals surface area contributed by atoms with Gasteiger partial charge in [0.25, 0.3) is 0 Å². The monoisotopic (exact) mass is 272 g/mol. The van der Waals surface area contributed by atoms with E-state index in [1.807, 2.05) is 19.1 Å². The molecule has 3 heteroatoms. The van der Waals surface area contributed by atoms with Crippen molar-refractivity contribution in [2.75, 3.05) is 6.61 Å². The fourth-order valence-electron chi connectivity index (χ4n) is 3.04. The molecule has 0 aliphatic heterocycles. The smallest absolute Gasteiger partial charge is 0.200 e. The van der Waals surface area contributed by atoms with Crippen LogP contribution in [-0.4, -0.2) is 26.1 Å². The molecule has 0 aliphatic rings. The molecule has 0 aromatic carbocycles. The van der Waals surface area contributed by atoms with Crippen LogP contribution in [-0.2, 0) is 4.43 Å². The van der Waals surface area contributed by atoms with Gasteiger partial charge in [-0.3, -0.25) is 0 Å². The summed E-state index contributed by atoms with van der Waals surface area (Å²) in [6, 6.07) is 0. The molecule has 0 heterocycles. The van der Waals surface area contributed by atoms with E-state index in [1.54, 1.807) is 0 Å². The second kappa shape index (κ2) is 8.13. The lowest BCUT2D eigenvalue weighted by Crippen LogP contribution is -2.47. The van der Waals surface area contributed by atoms with Crippen LogP contribution in [0.25, 0.3) is 0 Å². The van der Waals surface area contributed by atoms with Crippen molar-refractivity contribution in [1.82, 2.24) is 0 Å². The van der Waals surface area contributed by atoms with Gasteiger partial charge in [0.05, 0.1) is 12.7 Å². The summed E-state index contributed by atoms with van der Waals surface area (Å²) in [4.78, 5) is 0. The zero-order valence-electron chi connectivity index (χ0n) is 13.2. The van der Waals surface area contributed by atoms with Crippen molar-refractivity contribution < 1.29 is 9.53 Å². The van der Waals surface area contributed by atoms with Crippen LogP contribution < -0.4 is 0 Å². The summed E-state index contributed by atoms with van der Waals surface area (Å²) in [6.07, 6.45) is 4.25. The zero-order chi connectivity index (χ0) is 14.3. The first-order chi connectivity index (χ1) is 8.28. The molecule has 0 spiro atoms. The highest BCUT2D eigenvalue weighted by Gasteiger charge is 2.44. The molecule has 0 aromatic heterocycles. The first kappa shape index (κ1) is 17.9. The molecule has 18 heavy (non-hydrogen) atoms. The first-order valence-corrected chi connectivity index (χ1v) is 9.41. The minimum atomic E-state index is -1.74. The highest BCUT2D eigenvalue weighted by molar-refractivity contribution is 6.77. The van der Waals surface area contributed by atoms with Crippen molar-refractivity contribution >= 4 is 8.32 Å². The van der Waals surface area contributed by atoms with Gasteiger partial charge in [0.2, 0.25) is 8.32 Å². The minimum absolute atomic E-state index is 0.332. The average molecular weight is 273 g/mol. The van der Waals surface area contributed by atoms with Crippen LogP contribution in [0.15, 0.2) is 12.2 Å². The highest BCUT2D eigenvalue weighted by atomic mass is 28.4. The topological polar surface area (TPSA) is 29.5 Å². The largest absolute Gasteiger partial charge is 0.412 e. The molecular formula is C15H32O2Si. The maximum Gasteiger partial charge on any atom is 0.200 e. The molecule has 0 saturated heterocycles. The van der Waals surface area contributed by atoms with Crippen molar-refractivity contribution in [3.8, 4) is 0 Å². The number of aliphatic hydroxyl groups excluding tert-OH is 1. The Morgan fingerprint density at radius 1 is 1.00 bits per heavy atom. The van der Waals surface area contributed by atoms with E-state index in [9.17, 15) is 5.11 Å². The predicted molar refractivity (Wildman–Crippen MR) is 82.4 cm³/mol. The number of hydrogen-bond acceptors (Lipinski definition) is 2. The Morgan fingerprint density at radius 2 is 1.44 bits per heavy atom. The maximum absolute atomic E-state index is 9.48. The van der Waals surface area contributed by atoms with Crippen LogP contribution in [0.4, 0.5) is 0 Å². The third-order valence-corrected chi connectivity index (χ3v) is 9.99. The van der Waals surface area contributed by atoms with Crippen LogP contribution in [0.5, 0.6) is 0 Å². The Kier molecular flexibility index (Phi) is 8.07. The third-order valence-electron chi connectivity index (χ3n) is 3.91. The molecular weight excluding hydrogens is 240 g/mol. The van der Waals surface area contributed by atoms with E-state index in [0.717, 1.165) is 6.42 Å². The van der Waals surface area contributed by atoms with E-state index < -0.39 is 8.32 Å².